The standard InChI is InChI=1S/C26H20O5/c1-17(27)29-25-21-15-9-10-16-22(21)31-24(20-13-7-4-8-14-20)26(30-18(2)28)23(25)19-11-5-3-6-12-19/h3-16H,1-2H3. The number of para-hydroxylation sites is 1. The van der Waals surface area contributed by atoms with E-state index in [1.807, 2.05) is 72.8 Å². The van der Waals surface area contributed by atoms with Gasteiger partial charge in [-0.2, -0.15) is 0 Å². The third-order valence-corrected chi connectivity index (χ3v) is 4.59. The quantitative estimate of drug-likeness (QED) is 0.534. The lowest BCUT2D eigenvalue weighted by Crippen LogP contribution is -2.09. The number of allylic oxidation sites excluding steroid dienone is 1. The Morgan fingerprint density at radius 1 is 0.645 bits per heavy atom. The molecule has 0 N–H and O–H groups in total. The summed E-state index contributed by atoms with van der Waals surface area (Å²) in [5.74, 6) is 0.253. The second kappa shape index (κ2) is 8.71. The molecule has 1 heterocycles. The minimum absolute atomic E-state index is 0.178. The van der Waals surface area contributed by atoms with Gasteiger partial charge in [0, 0.05) is 19.4 Å². The lowest BCUT2D eigenvalue weighted by molar-refractivity contribution is -0.136. The Labute approximate surface area is 180 Å². The molecule has 0 saturated heterocycles. The number of fused-ring (bicyclic) bond motifs is 1. The van der Waals surface area contributed by atoms with Crippen molar-refractivity contribution in [3.05, 3.63) is 107 Å². The summed E-state index contributed by atoms with van der Waals surface area (Å²) >= 11 is 0. The van der Waals surface area contributed by atoms with Gasteiger partial charge in [0.05, 0.1) is 11.1 Å². The first kappa shape index (κ1) is 20.2. The maximum Gasteiger partial charge on any atom is 0.308 e. The molecule has 0 unspecified atom stereocenters. The van der Waals surface area contributed by atoms with Crippen molar-refractivity contribution >= 4 is 29.0 Å². The molecule has 31 heavy (non-hydrogen) atoms. The van der Waals surface area contributed by atoms with Crippen molar-refractivity contribution < 1.29 is 23.8 Å². The molecule has 0 atom stereocenters. The zero-order chi connectivity index (χ0) is 21.8. The number of carbonyl (C=O) groups is 2. The van der Waals surface area contributed by atoms with Crippen LogP contribution in [0.25, 0.3) is 17.1 Å². The number of benzene rings is 3. The largest absolute Gasteiger partial charge is 0.452 e. The smallest absolute Gasteiger partial charge is 0.308 e. The van der Waals surface area contributed by atoms with Crippen LogP contribution in [0.1, 0.15) is 30.5 Å². The van der Waals surface area contributed by atoms with Crippen molar-refractivity contribution in [2.45, 2.75) is 13.8 Å². The SMILES string of the molecule is CC(=O)OC1=C(c2ccccc2)Oc2ccccc2C(OC(C)=O)=C1c1ccccc1. The fraction of sp³-hybridized carbons (Fsp3) is 0.0769. The minimum Gasteiger partial charge on any atom is -0.452 e. The van der Waals surface area contributed by atoms with Gasteiger partial charge in [-0.1, -0.05) is 72.8 Å². The maximum absolute atomic E-state index is 12.1. The summed E-state index contributed by atoms with van der Waals surface area (Å²) in [5, 5.41) is 0. The molecule has 0 spiro atoms. The molecule has 3 aromatic carbocycles. The van der Waals surface area contributed by atoms with Gasteiger partial charge in [-0.05, 0) is 17.7 Å². The molecule has 0 fully saturated rings. The summed E-state index contributed by atoms with van der Waals surface area (Å²) < 4.78 is 17.7. The van der Waals surface area contributed by atoms with Gasteiger partial charge in [-0.15, -0.1) is 0 Å². The lowest BCUT2D eigenvalue weighted by atomic mass is 9.97. The first-order chi connectivity index (χ1) is 15.0. The second-order valence-electron chi connectivity index (χ2n) is 6.88. The molecule has 1 aliphatic heterocycles. The van der Waals surface area contributed by atoms with Gasteiger partial charge < -0.3 is 14.2 Å². The molecule has 154 valence electrons. The second-order valence-corrected chi connectivity index (χ2v) is 6.88. The van der Waals surface area contributed by atoms with Gasteiger partial charge >= 0.3 is 11.9 Å². The number of esters is 2. The number of ether oxygens (including phenoxy) is 3. The van der Waals surface area contributed by atoms with E-state index in [1.54, 1.807) is 12.1 Å². The lowest BCUT2D eigenvalue weighted by Gasteiger charge is -2.17. The molecule has 3 aromatic rings. The summed E-state index contributed by atoms with van der Waals surface area (Å²) in [6.45, 7) is 2.65. The Hall–Kier alpha value is -4.12. The van der Waals surface area contributed by atoms with Crippen molar-refractivity contribution in [2.24, 2.45) is 0 Å². The zero-order valence-corrected chi connectivity index (χ0v) is 17.1. The van der Waals surface area contributed by atoms with Gasteiger partial charge in [0.25, 0.3) is 0 Å². The van der Waals surface area contributed by atoms with Gasteiger partial charge in [-0.25, -0.2) is 0 Å². The molecule has 1 aliphatic rings. The fourth-order valence-corrected chi connectivity index (χ4v) is 3.39. The van der Waals surface area contributed by atoms with Crippen LogP contribution in [0.15, 0.2) is 90.7 Å². The highest BCUT2D eigenvalue weighted by Gasteiger charge is 2.31. The Morgan fingerprint density at radius 3 is 1.77 bits per heavy atom. The van der Waals surface area contributed by atoms with Gasteiger partial charge in [0.15, 0.2) is 17.3 Å². The van der Waals surface area contributed by atoms with E-state index in [9.17, 15) is 9.59 Å². The zero-order valence-electron chi connectivity index (χ0n) is 17.1. The number of rotatable bonds is 4. The van der Waals surface area contributed by atoms with Crippen LogP contribution >= 0.6 is 0 Å². The summed E-state index contributed by atoms with van der Waals surface area (Å²) in [7, 11) is 0. The highest BCUT2D eigenvalue weighted by atomic mass is 16.6. The maximum atomic E-state index is 12.1. The van der Waals surface area contributed by atoms with Crippen LogP contribution in [-0.2, 0) is 19.1 Å². The molecular weight excluding hydrogens is 392 g/mol. The van der Waals surface area contributed by atoms with Crippen molar-refractivity contribution in [1.82, 2.24) is 0 Å². The highest BCUT2D eigenvalue weighted by Crippen LogP contribution is 2.44. The van der Waals surface area contributed by atoms with Crippen LogP contribution in [0.4, 0.5) is 0 Å². The summed E-state index contributed by atoms with van der Waals surface area (Å²) in [6, 6.07) is 25.9. The highest BCUT2D eigenvalue weighted by molar-refractivity contribution is 6.03. The first-order valence-electron chi connectivity index (χ1n) is 9.78. The van der Waals surface area contributed by atoms with Gasteiger partial charge in [-0.3, -0.25) is 9.59 Å². The third-order valence-electron chi connectivity index (χ3n) is 4.59. The molecule has 0 amide bonds. The van der Waals surface area contributed by atoms with Crippen LogP contribution < -0.4 is 4.74 Å². The monoisotopic (exact) mass is 412 g/mol. The Bertz CT molecular complexity index is 1190. The van der Waals surface area contributed by atoms with E-state index < -0.39 is 11.9 Å². The van der Waals surface area contributed by atoms with E-state index in [1.165, 1.54) is 13.8 Å². The van der Waals surface area contributed by atoms with E-state index in [-0.39, 0.29) is 11.5 Å². The topological polar surface area (TPSA) is 61.8 Å². The summed E-state index contributed by atoms with van der Waals surface area (Å²) in [4.78, 5) is 24.2. The van der Waals surface area contributed by atoms with Gasteiger partial charge in [0.2, 0.25) is 0 Å². The molecule has 5 nitrogen and oxygen atoms in total. The van der Waals surface area contributed by atoms with E-state index in [2.05, 4.69) is 0 Å². The number of hydrogen-bond donors (Lipinski definition) is 0. The van der Waals surface area contributed by atoms with Crippen molar-refractivity contribution in [1.29, 1.82) is 0 Å². The number of carbonyl (C=O) groups excluding carboxylic acids is 2. The van der Waals surface area contributed by atoms with E-state index >= 15 is 0 Å². The van der Waals surface area contributed by atoms with E-state index in [0.29, 0.717) is 33.8 Å². The molecule has 5 heteroatoms. The van der Waals surface area contributed by atoms with Crippen LogP contribution in [0.5, 0.6) is 5.75 Å². The molecule has 0 aromatic heterocycles. The van der Waals surface area contributed by atoms with Crippen LogP contribution in [0, 0.1) is 0 Å². The van der Waals surface area contributed by atoms with Crippen LogP contribution in [0.2, 0.25) is 0 Å². The first-order valence-corrected chi connectivity index (χ1v) is 9.78. The van der Waals surface area contributed by atoms with Crippen molar-refractivity contribution in [2.75, 3.05) is 0 Å². The Morgan fingerprint density at radius 2 is 1.16 bits per heavy atom. The minimum atomic E-state index is -0.520. The summed E-state index contributed by atoms with van der Waals surface area (Å²) in [5.41, 5.74) is 2.46. The van der Waals surface area contributed by atoms with Crippen molar-refractivity contribution in [3.63, 3.8) is 0 Å². The predicted octanol–water partition coefficient (Wildman–Crippen LogP) is 5.44. The van der Waals surface area contributed by atoms with Gasteiger partial charge in [0.1, 0.15) is 5.75 Å². The summed E-state index contributed by atoms with van der Waals surface area (Å²) in [6.07, 6.45) is 0. The van der Waals surface area contributed by atoms with E-state index in [0.717, 1.165) is 0 Å². The van der Waals surface area contributed by atoms with Crippen LogP contribution in [0.3, 0.4) is 0 Å². The Kier molecular flexibility index (Phi) is 5.67. The predicted molar refractivity (Wildman–Crippen MR) is 117 cm³/mol. The van der Waals surface area contributed by atoms with Crippen molar-refractivity contribution in [3.8, 4) is 5.75 Å². The average molecular weight is 412 g/mol. The Balaban J connectivity index is 2.13. The molecule has 0 bridgehead atoms. The normalized spacial score (nSPS) is 13.1. The third kappa shape index (κ3) is 4.26. The molecule has 0 aliphatic carbocycles. The number of hydrogen-bond acceptors (Lipinski definition) is 5. The average Bonchev–Trinajstić information content (AvgIpc) is 2.89. The van der Waals surface area contributed by atoms with Crippen LogP contribution in [-0.4, -0.2) is 11.9 Å². The van der Waals surface area contributed by atoms with E-state index in [4.69, 9.17) is 14.2 Å². The molecule has 0 saturated carbocycles. The molecular formula is C26H20O5. The fourth-order valence-electron chi connectivity index (χ4n) is 3.39. The molecule has 0 radical (unpaired) electrons. The molecule has 4 rings (SSSR count).